The van der Waals surface area contributed by atoms with E-state index < -0.39 is 10.1 Å². The summed E-state index contributed by atoms with van der Waals surface area (Å²) in [5.74, 6) is 0.559. The van der Waals surface area contributed by atoms with Gasteiger partial charge in [-0.15, -0.1) is 0 Å². The van der Waals surface area contributed by atoms with Crippen molar-refractivity contribution in [2.45, 2.75) is 11.4 Å². The lowest BCUT2D eigenvalue weighted by Crippen LogP contribution is -2.27. The minimum Gasteiger partial charge on any atom is -0.497 e. The van der Waals surface area contributed by atoms with Crippen LogP contribution in [0, 0.1) is 0 Å². The molecule has 6 nitrogen and oxygen atoms in total. The number of thiocarbonyl (C=S) groups is 1. The van der Waals surface area contributed by atoms with E-state index in [0.29, 0.717) is 21.5 Å². The molecule has 3 aromatic carbocycles. The van der Waals surface area contributed by atoms with E-state index >= 15 is 0 Å². The van der Waals surface area contributed by atoms with Crippen LogP contribution < -0.4 is 8.92 Å². The van der Waals surface area contributed by atoms with Crippen LogP contribution in [0.3, 0.4) is 0 Å². The van der Waals surface area contributed by atoms with Crippen molar-refractivity contribution in [3.8, 4) is 11.5 Å². The Kier molecular flexibility index (Phi) is 6.83. The molecule has 1 saturated heterocycles. The van der Waals surface area contributed by atoms with Crippen LogP contribution in [0.1, 0.15) is 11.1 Å². The van der Waals surface area contributed by atoms with Crippen molar-refractivity contribution in [1.82, 2.24) is 4.90 Å². The molecule has 0 spiro atoms. The van der Waals surface area contributed by atoms with Gasteiger partial charge < -0.3 is 8.92 Å². The van der Waals surface area contributed by atoms with Crippen LogP contribution in [0.5, 0.6) is 11.5 Å². The molecule has 168 valence electrons. The smallest absolute Gasteiger partial charge is 0.339 e. The second kappa shape index (κ2) is 9.78. The minimum absolute atomic E-state index is 0.0227. The van der Waals surface area contributed by atoms with Crippen molar-refractivity contribution in [1.29, 1.82) is 0 Å². The molecule has 1 aliphatic rings. The summed E-state index contributed by atoms with van der Waals surface area (Å²) >= 11 is 6.63. The Hall–Kier alpha value is -3.14. The fourth-order valence-corrected chi connectivity index (χ4v) is 5.28. The van der Waals surface area contributed by atoms with Gasteiger partial charge in [-0.2, -0.15) is 8.42 Å². The number of carbonyl (C=O) groups is 1. The van der Waals surface area contributed by atoms with E-state index in [2.05, 4.69) is 0 Å². The maximum Gasteiger partial charge on any atom is 0.339 e. The number of ether oxygens (including phenoxy) is 1. The van der Waals surface area contributed by atoms with Gasteiger partial charge in [0.15, 0.2) is 0 Å². The SMILES string of the molecule is COc1ccc(S(=O)(=O)Oc2ccc(/C=C3/SC(=S)N(Cc4ccccc4)C3=O)cc2)cc1. The molecule has 1 fully saturated rings. The topological polar surface area (TPSA) is 72.9 Å². The first-order chi connectivity index (χ1) is 15.9. The van der Waals surface area contributed by atoms with Gasteiger partial charge in [0.25, 0.3) is 5.91 Å². The average Bonchev–Trinajstić information content (AvgIpc) is 3.08. The molecule has 0 radical (unpaired) electrons. The van der Waals surface area contributed by atoms with Crippen molar-refractivity contribution in [2.24, 2.45) is 0 Å². The fraction of sp³-hybridized carbons (Fsp3) is 0.0833. The highest BCUT2D eigenvalue weighted by atomic mass is 32.2. The summed E-state index contributed by atoms with van der Waals surface area (Å²) in [7, 11) is -2.48. The molecule has 3 aromatic rings. The largest absolute Gasteiger partial charge is 0.497 e. The number of rotatable bonds is 7. The van der Waals surface area contributed by atoms with Crippen LogP contribution in [-0.4, -0.2) is 30.7 Å². The molecular weight excluding hydrogens is 478 g/mol. The van der Waals surface area contributed by atoms with Gasteiger partial charge in [0.1, 0.15) is 20.7 Å². The maximum absolute atomic E-state index is 12.8. The molecule has 0 atom stereocenters. The normalized spacial score (nSPS) is 15.2. The number of thioether (sulfide) groups is 1. The Balaban J connectivity index is 1.45. The van der Waals surface area contributed by atoms with Crippen molar-refractivity contribution >= 4 is 50.4 Å². The zero-order valence-electron chi connectivity index (χ0n) is 17.5. The molecule has 9 heteroatoms. The molecule has 0 aromatic heterocycles. The lowest BCUT2D eigenvalue weighted by Gasteiger charge is -2.14. The Morgan fingerprint density at radius 2 is 1.58 bits per heavy atom. The van der Waals surface area contributed by atoms with Crippen LogP contribution in [-0.2, 0) is 21.5 Å². The predicted molar refractivity (Wildman–Crippen MR) is 132 cm³/mol. The summed E-state index contributed by atoms with van der Waals surface area (Å²) in [5, 5.41) is 0. The fourth-order valence-electron chi connectivity index (χ4n) is 3.09. The quantitative estimate of drug-likeness (QED) is 0.262. The van der Waals surface area contributed by atoms with Crippen molar-refractivity contribution < 1.29 is 22.1 Å². The van der Waals surface area contributed by atoms with Gasteiger partial charge in [0.05, 0.1) is 18.6 Å². The van der Waals surface area contributed by atoms with Crippen LogP contribution in [0.15, 0.2) is 88.7 Å². The molecule has 0 N–H and O–H groups in total. The van der Waals surface area contributed by atoms with E-state index in [9.17, 15) is 13.2 Å². The van der Waals surface area contributed by atoms with Gasteiger partial charge in [0, 0.05) is 0 Å². The lowest BCUT2D eigenvalue weighted by molar-refractivity contribution is -0.122. The number of hydrogen-bond acceptors (Lipinski definition) is 7. The van der Waals surface area contributed by atoms with Gasteiger partial charge in [-0.3, -0.25) is 9.69 Å². The number of hydrogen-bond donors (Lipinski definition) is 0. The molecule has 4 rings (SSSR count). The summed E-state index contributed by atoms with van der Waals surface area (Å²) in [4.78, 5) is 14.9. The van der Waals surface area contributed by atoms with Crippen LogP contribution in [0.4, 0.5) is 0 Å². The molecule has 0 saturated carbocycles. The van der Waals surface area contributed by atoms with Crippen LogP contribution in [0.25, 0.3) is 6.08 Å². The number of benzene rings is 3. The zero-order valence-corrected chi connectivity index (χ0v) is 20.0. The van der Waals surface area contributed by atoms with E-state index in [0.717, 1.165) is 11.1 Å². The van der Waals surface area contributed by atoms with Gasteiger partial charge >= 0.3 is 10.1 Å². The van der Waals surface area contributed by atoms with E-state index in [1.807, 2.05) is 30.3 Å². The molecule has 0 bridgehead atoms. The standard InChI is InChI=1S/C24H19NO5S3/c1-29-19-11-13-21(14-12-19)33(27,28)30-20-9-7-17(8-10-20)15-22-23(26)25(24(31)32-22)16-18-5-3-2-4-6-18/h2-15H,16H2,1H3/b22-15+. The molecular formula is C24H19NO5S3. The van der Waals surface area contributed by atoms with Gasteiger partial charge in [-0.25, -0.2) is 0 Å². The van der Waals surface area contributed by atoms with Crippen LogP contribution >= 0.6 is 24.0 Å². The molecule has 33 heavy (non-hydrogen) atoms. The highest BCUT2D eigenvalue weighted by molar-refractivity contribution is 8.26. The molecule has 0 unspecified atom stereocenters. The van der Waals surface area contributed by atoms with Crippen LogP contribution in [0.2, 0.25) is 0 Å². The number of amides is 1. The summed E-state index contributed by atoms with van der Waals surface area (Å²) in [6, 6.07) is 22.0. The monoisotopic (exact) mass is 497 g/mol. The summed E-state index contributed by atoms with van der Waals surface area (Å²) in [6.07, 6.45) is 1.73. The minimum atomic E-state index is -3.98. The second-order valence-corrected chi connectivity index (χ2v) is 10.3. The highest BCUT2D eigenvalue weighted by Gasteiger charge is 2.31. The first-order valence-electron chi connectivity index (χ1n) is 9.83. The molecule has 0 aliphatic carbocycles. The molecule has 1 amide bonds. The van der Waals surface area contributed by atoms with E-state index in [1.165, 1.54) is 43.1 Å². The van der Waals surface area contributed by atoms with Crippen molar-refractivity contribution in [3.05, 3.63) is 94.9 Å². The number of methoxy groups -OCH3 is 1. The Morgan fingerprint density at radius 1 is 0.939 bits per heavy atom. The summed E-state index contributed by atoms with van der Waals surface area (Å²) < 4.78 is 35.7. The number of carbonyl (C=O) groups excluding carboxylic acids is 1. The van der Waals surface area contributed by atoms with E-state index in [4.69, 9.17) is 21.1 Å². The Bertz CT molecular complexity index is 1300. The number of nitrogens with zero attached hydrogens (tertiary/aromatic N) is 1. The maximum atomic E-state index is 12.8. The van der Waals surface area contributed by atoms with Gasteiger partial charge in [0.2, 0.25) is 0 Å². The highest BCUT2D eigenvalue weighted by Crippen LogP contribution is 2.34. The second-order valence-electron chi connectivity index (χ2n) is 7.04. The molecule has 1 heterocycles. The average molecular weight is 498 g/mol. The third-order valence-electron chi connectivity index (χ3n) is 4.79. The van der Waals surface area contributed by atoms with Crippen molar-refractivity contribution in [2.75, 3.05) is 7.11 Å². The Labute approximate surface area is 202 Å². The van der Waals surface area contributed by atoms with E-state index in [1.54, 1.807) is 35.2 Å². The zero-order chi connectivity index (χ0) is 23.4. The van der Waals surface area contributed by atoms with Gasteiger partial charge in [-0.05, 0) is 53.6 Å². The Morgan fingerprint density at radius 3 is 2.21 bits per heavy atom. The third-order valence-corrected chi connectivity index (χ3v) is 7.43. The first kappa shape index (κ1) is 23.0. The van der Waals surface area contributed by atoms with Gasteiger partial charge in [-0.1, -0.05) is 66.4 Å². The predicted octanol–water partition coefficient (Wildman–Crippen LogP) is 4.86. The lowest BCUT2D eigenvalue weighted by atomic mass is 10.2. The van der Waals surface area contributed by atoms with E-state index in [-0.39, 0.29) is 16.6 Å². The molecule has 1 aliphatic heterocycles. The summed E-state index contributed by atoms with van der Waals surface area (Å²) in [6.45, 7) is 0.416. The van der Waals surface area contributed by atoms with Crippen molar-refractivity contribution in [3.63, 3.8) is 0 Å². The third kappa shape index (κ3) is 5.44. The first-order valence-corrected chi connectivity index (χ1v) is 12.5. The summed E-state index contributed by atoms with van der Waals surface area (Å²) in [5.41, 5.74) is 1.72.